The second-order valence-corrected chi connectivity index (χ2v) is 7.77. The Labute approximate surface area is 125 Å². The Morgan fingerprint density at radius 3 is 2.14 bits per heavy atom. The monoisotopic (exact) mass is 298 g/mol. The molecule has 1 saturated heterocycles. The summed E-state index contributed by atoms with van der Waals surface area (Å²) in [6.07, 6.45) is -0.301. The van der Waals surface area contributed by atoms with Crippen molar-refractivity contribution in [1.29, 1.82) is 0 Å². The van der Waals surface area contributed by atoms with E-state index in [0.717, 1.165) is 0 Å². The van der Waals surface area contributed by atoms with Crippen LogP contribution >= 0.6 is 0 Å². The van der Waals surface area contributed by atoms with E-state index in [2.05, 4.69) is 5.32 Å². The summed E-state index contributed by atoms with van der Waals surface area (Å²) in [6.45, 7) is 10.2. The van der Waals surface area contributed by atoms with E-state index in [-0.39, 0.29) is 36.4 Å². The van der Waals surface area contributed by atoms with Gasteiger partial charge in [0.25, 0.3) is 0 Å². The Bertz CT molecular complexity index is 429. The quantitative estimate of drug-likeness (QED) is 0.814. The molecule has 1 aliphatic carbocycles. The molecule has 0 spiro atoms. The van der Waals surface area contributed by atoms with Gasteiger partial charge in [0.05, 0.1) is 12.1 Å². The summed E-state index contributed by atoms with van der Waals surface area (Å²) in [4.78, 5) is 25.8. The lowest BCUT2D eigenvalue weighted by atomic mass is 10.1. The van der Waals surface area contributed by atoms with Crippen molar-refractivity contribution in [3.8, 4) is 0 Å². The zero-order chi connectivity index (χ0) is 16.0. The van der Waals surface area contributed by atoms with Gasteiger partial charge in [-0.2, -0.15) is 0 Å². The van der Waals surface area contributed by atoms with Gasteiger partial charge in [-0.25, -0.2) is 4.79 Å². The first-order valence-corrected chi connectivity index (χ1v) is 7.45. The summed E-state index contributed by atoms with van der Waals surface area (Å²) >= 11 is 0. The number of ether oxygens (including phenoxy) is 1. The Morgan fingerprint density at radius 1 is 1.19 bits per heavy atom. The zero-order valence-electron chi connectivity index (χ0n) is 13.5. The minimum Gasteiger partial charge on any atom is -0.444 e. The molecule has 2 rings (SSSR count). The maximum atomic E-state index is 12.1. The van der Waals surface area contributed by atoms with Gasteiger partial charge in [0, 0.05) is 19.0 Å². The number of amides is 2. The number of nitrogens with one attached hydrogen (secondary N) is 1. The highest BCUT2D eigenvalue weighted by Crippen LogP contribution is 2.52. The third kappa shape index (κ3) is 3.67. The molecule has 2 amide bonds. The summed E-state index contributed by atoms with van der Waals surface area (Å²) in [7, 11) is 0. The van der Waals surface area contributed by atoms with E-state index >= 15 is 0 Å². The first kappa shape index (κ1) is 16.1. The molecule has 120 valence electrons. The second-order valence-electron chi connectivity index (χ2n) is 7.77. The predicted molar refractivity (Wildman–Crippen MR) is 77.6 cm³/mol. The minimum absolute atomic E-state index is 0.0205. The molecule has 21 heavy (non-hydrogen) atoms. The van der Waals surface area contributed by atoms with Crippen molar-refractivity contribution in [2.75, 3.05) is 19.7 Å². The SMILES string of the molecule is CC(C)(CO)NC(=O)C1C2CN(C(=O)OC(C)(C)C)C[C@@H]21. The highest BCUT2D eigenvalue weighted by molar-refractivity contribution is 5.84. The van der Waals surface area contributed by atoms with Crippen LogP contribution in [0.5, 0.6) is 0 Å². The van der Waals surface area contributed by atoms with Crippen LogP contribution in [0.25, 0.3) is 0 Å². The average molecular weight is 298 g/mol. The molecule has 1 aliphatic heterocycles. The normalized spacial score (nSPS) is 28.1. The van der Waals surface area contributed by atoms with E-state index in [1.165, 1.54) is 0 Å². The highest BCUT2D eigenvalue weighted by atomic mass is 16.6. The Balaban J connectivity index is 1.82. The van der Waals surface area contributed by atoms with Crippen molar-refractivity contribution in [2.24, 2.45) is 17.8 Å². The van der Waals surface area contributed by atoms with Crippen molar-refractivity contribution in [1.82, 2.24) is 10.2 Å². The van der Waals surface area contributed by atoms with Crippen LogP contribution in [0.3, 0.4) is 0 Å². The lowest BCUT2D eigenvalue weighted by Crippen LogP contribution is -2.48. The molecule has 0 radical (unpaired) electrons. The molecule has 0 aromatic rings. The fourth-order valence-corrected chi connectivity index (χ4v) is 2.85. The lowest BCUT2D eigenvalue weighted by molar-refractivity contribution is -0.125. The van der Waals surface area contributed by atoms with Crippen molar-refractivity contribution >= 4 is 12.0 Å². The molecule has 3 atom stereocenters. The highest BCUT2D eigenvalue weighted by Gasteiger charge is 2.60. The molecule has 2 N–H and O–H groups in total. The van der Waals surface area contributed by atoms with E-state index in [0.29, 0.717) is 13.1 Å². The molecule has 0 bridgehead atoms. The Kier molecular flexibility index (Phi) is 3.95. The number of carbonyl (C=O) groups is 2. The van der Waals surface area contributed by atoms with E-state index in [1.54, 1.807) is 18.7 Å². The molecule has 1 saturated carbocycles. The van der Waals surface area contributed by atoms with Crippen LogP contribution in [-0.2, 0) is 9.53 Å². The van der Waals surface area contributed by atoms with Crippen LogP contribution in [0.2, 0.25) is 0 Å². The largest absolute Gasteiger partial charge is 0.444 e. The van der Waals surface area contributed by atoms with Crippen LogP contribution in [0, 0.1) is 17.8 Å². The van der Waals surface area contributed by atoms with Crippen LogP contribution in [0.15, 0.2) is 0 Å². The summed E-state index contributed by atoms with van der Waals surface area (Å²) < 4.78 is 5.34. The van der Waals surface area contributed by atoms with E-state index in [9.17, 15) is 14.7 Å². The second kappa shape index (κ2) is 5.16. The fraction of sp³-hybridized carbons (Fsp3) is 0.867. The first-order chi connectivity index (χ1) is 9.54. The average Bonchev–Trinajstić information content (AvgIpc) is 2.82. The minimum atomic E-state index is -0.598. The smallest absolute Gasteiger partial charge is 0.410 e. The molecule has 2 unspecified atom stereocenters. The van der Waals surface area contributed by atoms with Gasteiger partial charge in [0.1, 0.15) is 5.60 Å². The van der Waals surface area contributed by atoms with E-state index in [1.807, 2.05) is 20.8 Å². The Hall–Kier alpha value is -1.30. The predicted octanol–water partition coefficient (Wildman–Crippen LogP) is 0.986. The lowest BCUT2D eigenvalue weighted by Gasteiger charge is -2.27. The summed E-state index contributed by atoms with van der Waals surface area (Å²) in [6, 6.07) is 0. The standard InChI is InChI=1S/C15H26N2O4/c1-14(2,3)21-13(20)17-6-9-10(7-17)11(9)12(19)16-15(4,5)8-18/h9-11,18H,6-8H2,1-5H3,(H,16,19)/t9-,10?,11?/m0/s1. The summed E-state index contributed by atoms with van der Waals surface area (Å²) in [5.41, 5.74) is -1.09. The maximum absolute atomic E-state index is 12.1. The number of fused-ring (bicyclic) bond motifs is 1. The van der Waals surface area contributed by atoms with Crippen LogP contribution in [-0.4, -0.2) is 52.8 Å². The van der Waals surface area contributed by atoms with Gasteiger partial charge in [-0.1, -0.05) is 0 Å². The van der Waals surface area contributed by atoms with E-state index < -0.39 is 11.1 Å². The first-order valence-electron chi connectivity index (χ1n) is 7.45. The van der Waals surface area contributed by atoms with Crippen molar-refractivity contribution < 1.29 is 19.4 Å². The number of aliphatic hydroxyl groups excluding tert-OH is 1. The van der Waals surface area contributed by atoms with Crippen molar-refractivity contribution in [3.05, 3.63) is 0 Å². The molecular formula is C15H26N2O4. The van der Waals surface area contributed by atoms with Gasteiger partial charge in [-0.15, -0.1) is 0 Å². The number of aliphatic hydroxyl groups is 1. The van der Waals surface area contributed by atoms with Crippen LogP contribution in [0.1, 0.15) is 34.6 Å². The molecule has 6 heteroatoms. The number of piperidine rings is 1. The molecule has 0 aromatic carbocycles. The number of nitrogens with zero attached hydrogens (tertiary/aromatic N) is 1. The van der Waals surface area contributed by atoms with E-state index in [4.69, 9.17) is 4.74 Å². The summed E-state index contributed by atoms with van der Waals surface area (Å²) in [5, 5.41) is 12.0. The van der Waals surface area contributed by atoms with Gasteiger partial charge in [0.15, 0.2) is 0 Å². The van der Waals surface area contributed by atoms with Gasteiger partial charge >= 0.3 is 6.09 Å². The van der Waals surface area contributed by atoms with Crippen LogP contribution in [0.4, 0.5) is 4.79 Å². The Morgan fingerprint density at radius 2 is 1.71 bits per heavy atom. The third-order valence-electron chi connectivity index (χ3n) is 4.01. The number of rotatable bonds is 3. The number of hydrogen-bond acceptors (Lipinski definition) is 4. The van der Waals surface area contributed by atoms with Crippen LogP contribution < -0.4 is 5.32 Å². The topological polar surface area (TPSA) is 78.9 Å². The molecule has 6 nitrogen and oxygen atoms in total. The third-order valence-corrected chi connectivity index (χ3v) is 4.01. The summed E-state index contributed by atoms with van der Waals surface area (Å²) in [5.74, 6) is 0.404. The molecule has 0 aromatic heterocycles. The molecule has 1 heterocycles. The molecule has 2 fully saturated rings. The van der Waals surface area contributed by atoms with Gasteiger partial charge in [-0.05, 0) is 46.5 Å². The molecule has 2 aliphatic rings. The maximum Gasteiger partial charge on any atom is 0.410 e. The number of hydrogen-bond donors (Lipinski definition) is 2. The molecular weight excluding hydrogens is 272 g/mol. The van der Waals surface area contributed by atoms with Gasteiger partial charge < -0.3 is 20.1 Å². The fourth-order valence-electron chi connectivity index (χ4n) is 2.85. The van der Waals surface area contributed by atoms with Gasteiger partial charge in [0.2, 0.25) is 5.91 Å². The van der Waals surface area contributed by atoms with Crippen molar-refractivity contribution in [3.63, 3.8) is 0 Å². The number of likely N-dealkylation sites (tertiary alicyclic amines) is 1. The zero-order valence-corrected chi connectivity index (χ0v) is 13.5. The van der Waals surface area contributed by atoms with Crippen molar-refractivity contribution in [2.45, 2.75) is 45.8 Å². The van der Waals surface area contributed by atoms with Gasteiger partial charge in [-0.3, -0.25) is 4.79 Å². The number of carbonyl (C=O) groups excluding carboxylic acids is 2.